The molecule has 0 bridgehead atoms. The van der Waals surface area contributed by atoms with Crippen molar-refractivity contribution in [1.29, 1.82) is 0 Å². The van der Waals surface area contributed by atoms with Crippen molar-refractivity contribution in [3.8, 4) is 0 Å². The van der Waals surface area contributed by atoms with E-state index in [0.717, 1.165) is 6.42 Å². The molecule has 2 rings (SSSR count). The third-order valence-corrected chi connectivity index (χ3v) is 7.17. The summed E-state index contributed by atoms with van der Waals surface area (Å²) in [6.45, 7) is 4.38. The van der Waals surface area contributed by atoms with Crippen molar-refractivity contribution in [2.24, 2.45) is 11.7 Å². The molecule has 0 spiro atoms. The largest absolute Gasteiger partial charge is 0.377 e. The van der Waals surface area contributed by atoms with Gasteiger partial charge in [0, 0.05) is 12.6 Å². The SMILES string of the molecule is CC1OCCC1S(=O)(=O)C1CCC(N)C1C. The van der Waals surface area contributed by atoms with Crippen LogP contribution >= 0.6 is 0 Å². The van der Waals surface area contributed by atoms with Crippen LogP contribution in [0.2, 0.25) is 0 Å². The highest BCUT2D eigenvalue weighted by molar-refractivity contribution is 7.92. The van der Waals surface area contributed by atoms with Gasteiger partial charge in [0.05, 0.1) is 16.6 Å². The molecule has 94 valence electrons. The topological polar surface area (TPSA) is 69.4 Å². The summed E-state index contributed by atoms with van der Waals surface area (Å²) < 4.78 is 30.3. The Labute approximate surface area is 97.5 Å². The molecule has 16 heavy (non-hydrogen) atoms. The molecule has 1 aliphatic carbocycles. The van der Waals surface area contributed by atoms with Crippen LogP contribution in [0.4, 0.5) is 0 Å². The van der Waals surface area contributed by atoms with Gasteiger partial charge in [-0.3, -0.25) is 0 Å². The zero-order chi connectivity index (χ0) is 11.9. The van der Waals surface area contributed by atoms with E-state index in [0.29, 0.717) is 19.4 Å². The predicted molar refractivity (Wildman–Crippen MR) is 62.9 cm³/mol. The molecule has 5 atom stereocenters. The summed E-state index contributed by atoms with van der Waals surface area (Å²) in [5, 5.41) is -0.568. The van der Waals surface area contributed by atoms with E-state index >= 15 is 0 Å². The summed E-state index contributed by atoms with van der Waals surface area (Å²) >= 11 is 0. The van der Waals surface area contributed by atoms with Crippen LogP contribution in [-0.4, -0.2) is 37.7 Å². The Morgan fingerprint density at radius 1 is 1.12 bits per heavy atom. The van der Waals surface area contributed by atoms with E-state index in [1.807, 2.05) is 13.8 Å². The normalized spacial score (nSPS) is 45.1. The number of rotatable bonds is 2. The van der Waals surface area contributed by atoms with E-state index in [-0.39, 0.29) is 28.6 Å². The third kappa shape index (κ3) is 1.89. The van der Waals surface area contributed by atoms with Crippen LogP contribution in [0, 0.1) is 5.92 Å². The lowest BCUT2D eigenvalue weighted by Crippen LogP contribution is -2.40. The Balaban J connectivity index is 2.19. The van der Waals surface area contributed by atoms with Gasteiger partial charge in [0.25, 0.3) is 0 Å². The smallest absolute Gasteiger partial charge is 0.158 e. The molecule has 5 heteroatoms. The number of hydrogen-bond donors (Lipinski definition) is 1. The molecule has 5 unspecified atom stereocenters. The Morgan fingerprint density at radius 2 is 1.81 bits per heavy atom. The van der Waals surface area contributed by atoms with E-state index in [9.17, 15) is 8.42 Å². The first-order valence-corrected chi connectivity index (χ1v) is 7.65. The lowest BCUT2D eigenvalue weighted by molar-refractivity contribution is 0.126. The first-order valence-electron chi connectivity index (χ1n) is 6.04. The van der Waals surface area contributed by atoms with Crippen molar-refractivity contribution in [2.45, 2.75) is 55.8 Å². The fourth-order valence-corrected chi connectivity index (χ4v) is 5.74. The molecule has 1 heterocycles. The van der Waals surface area contributed by atoms with Crippen molar-refractivity contribution >= 4 is 9.84 Å². The Bertz CT molecular complexity index is 354. The standard InChI is InChI=1S/C11H21NO3S/c1-7-9(12)3-4-10(7)16(13,14)11-5-6-15-8(11)2/h7-11H,3-6,12H2,1-2H3. The molecule has 0 aromatic carbocycles. The van der Waals surface area contributed by atoms with Gasteiger partial charge in [-0.2, -0.15) is 0 Å². The summed E-state index contributed by atoms with van der Waals surface area (Å²) in [6.07, 6.45) is 2.03. The molecule has 2 aliphatic rings. The maximum absolute atomic E-state index is 12.5. The first-order chi connectivity index (χ1) is 7.44. The molecule has 0 aromatic heterocycles. The molecule has 1 saturated carbocycles. The fraction of sp³-hybridized carbons (Fsp3) is 1.00. The minimum absolute atomic E-state index is 0.0393. The summed E-state index contributed by atoms with van der Waals surface area (Å²) in [6, 6.07) is 0.0393. The molecule has 2 N–H and O–H groups in total. The second-order valence-electron chi connectivity index (χ2n) is 5.13. The van der Waals surface area contributed by atoms with Crippen molar-refractivity contribution < 1.29 is 13.2 Å². The summed E-state index contributed by atoms with van der Waals surface area (Å²) in [4.78, 5) is 0. The monoisotopic (exact) mass is 247 g/mol. The highest BCUT2D eigenvalue weighted by atomic mass is 32.2. The highest BCUT2D eigenvalue weighted by Crippen LogP contribution is 2.35. The average molecular weight is 247 g/mol. The van der Waals surface area contributed by atoms with Gasteiger partial charge in [-0.05, 0) is 32.1 Å². The van der Waals surface area contributed by atoms with Crippen LogP contribution in [0.25, 0.3) is 0 Å². The van der Waals surface area contributed by atoms with Crippen LogP contribution < -0.4 is 5.73 Å². The van der Waals surface area contributed by atoms with Gasteiger partial charge in [-0.25, -0.2) is 8.42 Å². The predicted octanol–water partition coefficient (Wildman–Crippen LogP) is 0.704. The van der Waals surface area contributed by atoms with Gasteiger partial charge in [0.15, 0.2) is 9.84 Å². The number of hydrogen-bond acceptors (Lipinski definition) is 4. The molecule has 1 saturated heterocycles. The molecular formula is C11H21NO3S. The molecule has 0 radical (unpaired) electrons. The minimum Gasteiger partial charge on any atom is -0.377 e. The van der Waals surface area contributed by atoms with E-state index in [1.165, 1.54) is 0 Å². The van der Waals surface area contributed by atoms with Crippen molar-refractivity contribution in [1.82, 2.24) is 0 Å². The Morgan fingerprint density at radius 3 is 2.25 bits per heavy atom. The second kappa shape index (κ2) is 4.27. The van der Waals surface area contributed by atoms with Gasteiger partial charge in [-0.15, -0.1) is 0 Å². The Hall–Kier alpha value is -0.130. The second-order valence-corrected chi connectivity index (χ2v) is 7.52. The zero-order valence-electron chi connectivity index (χ0n) is 9.93. The molecule has 1 aliphatic heterocycles. The number of sulfone groups is 1. The van der Waals surface area contributed by atoms with Crippen LogP contribution in [0.1, 0.15) is 33.1 Å². The maximum Gasteiger partial charge on any atom is 0.158 e. The number of ether oxygens (including phenoxy) is 1. The lowest BCUT2D eigenvalue weighted by Gasteiger charge is -2.23. The van der Waals surface area contributed by atoms with Crippen LogP contribution in [0.15, 0.2) is 0 Å². The van der Waals surface area contributed by atoms with Crippen LogP contribution in [0.3, 0.4) is 0 Å². The van der Waals surface area contributed by atoms with Crippen LogP contribution in [0.5, 0.6) is 0 Å². The minimum atomic E-state index is -3.07. The molecule has 0 amide bonds. The van der Waals surface area contributed by atoms with Crippen molar-refractivity contribution in [2.75, 3.05) is 6.61 Å². The van der Waals surface area contributed by atoms with Gasteiger partial charge in [-0.1, -0.05) is 6.92 Å². The first kappa shape index (κ1) is 12.3. The van der Waals surface area contributed by atoms with E-state index in [2.05, 4.69) is 0 Å². The van der Waals surface area contributed by atoms with Crippen molar-refractivity contribution in [3.05, 3.63) is 0 Å². The molecule has 0 aromatic rings. The van der Waals surface area contributed by atoms with Crippen LogP contribution in [-0.2, 0) is 14.6 Å². The van der Waals surface area contributed by atoms with E-state index < -0.39 is 9.84 Å². The maximum atomic E-state index is 12.5. The van der Waals surface area contributed by atoms with Crippen molar-refractivity contribution in [3.63, 3.8) is 0 Å². The summed E-state index contributed by atoms with van der Waals surface area (Å²) in [5.74, 6) is 0.0813. The Kier molecular flexibility index (Phi) is 3.29. The number of nitrogens with two attached hydrogens (primary N) is 1. The third-order valence-electron chi connectivity index (χ3n) is 4.20. The molecule has 2 fully saturated rings. The van der Waals surface area contributed by atoms with Gasteiger partial charge < -0.3 is 10.5 Å². The fourth-order valence-electron chi connectivity index (χ4n) is 2.99. The van der Waals surface area contributed by atoms with E-state index in [4.69, 9.17) is 10.5 Å². The highest BCUT2D eigenvalue weighted by Gasteiger charge is 2.46. The molecular weight excluding hydrogens is 226 g/mol. The summed E-state index contributed by atoms with van der Waals surface area (Å²) in [5.41, 5.74) is 5.90. The van der Waals surface area contributed by atoms with E-state index in [1.54, 1.807) is 0 Å². The average Bonchev–Trinajstić information content (AvgIpc) is 2.76. The molecule has 4 nitrogen and oxygen atoms in total. The summed E-state index contributed by atoms with van der Waals surface area (Å²) in [7, 11) is -3.07. The van der Waals surface area contributed by atoms with Gasteiger partial charge in [0.1, 0.15) is 0 Å². The quantitative estimate of drug-likeness (QED) is 0.780. The zero-order valence-corrected chi connectivity index (χ0v) is 10.7. The lowest BCUT2D eigenvalue weighted by atomic mass is 10.1. The van der Waals surface area contributed by atoms with Gasteiger partial charge >= 0.3 is 0 Å². The van der Waals surface area contributed by atoms with Gasteiger partial charge in [0.2, 0.25) is 0 Å².